The molecular weight excluding hydrogens is 276 g/mol. The van der Waals surface area contributed by atoms with Crippen molar-refractivity contribution < 1.29 is 13.6 Å². The first-order valence-corrected chi connectivity index (χ1v) is 5.99. The van der Waals surface area contributed by atoms with Crippen LogP contribution in [0.2, 0.25) is 5.02 Å². The number of aromatic nitrogens is 1. The summed E-state index contributed by atoms with van der Waals surface area (Å²) in [5.41, 5.74) is 5.42. The average molecular weight is 288 g/mol. The predicted octanol–water partition coefficient (Wildman–Crippen LogP) is 2.18. The molecule has 0 spiro atoms. The number of benzene rings is 1. The van der Waals surface area contributed by atoms with Gasteiger partial charge in [-0.25, -0.2) is 8.78 Å². The average Bonchev–Trinajstić information content (AvgIpc) is 2.80. The summed E-state index contributed by atoms with van der Waals surface area (Å²) in [5, 5.41) is 2.61. The number of fused-ring (bicyclic) bond motifs is 1. The lowest BCUT2D eigenvalue weighted by Crippen LogP contribution is -2.37. The molecule has 0 aliphatic rings. The van der Waals surface area contributed by atoms with Crippen molar-refractivity contribution in [3.8, 4) is 0 Å². The lowest BCUT2D eigenvalue weighted by atomic mass is 10.2. The van der Waals surface area contributed by atoms with Crippen molar-refractivity contribution in [2.75, 3.05) is 6.54 Å². The van der Waals surface area contributed by atoms with Gasteiger partial charge >= 0.3 is 0 Å². The minimum Gasteiger partial charge on any atom is -0.348 e. The fourth-order valence-corrected chi connectivity index (χ4v) is 1.86. The number of halogens is 3. The molecule has 0 saturated carbocycles. The van der Waals surface area contributed by atoms with Crippen LogP contribution in [0, 0.1) is 11.6 Å². The third-order valence-corrected chi connectivity index (χ3v) is 3.00. The number of nitrogens with two attached hydrogens (primary N) is 1. The summed E-state index contributed by atoms with van der Waals surface area (Å²) >= 11 is 5.54. The zero-order valence-electron chi connectivity index (χ0n) is 10.1. The zero-order chi connectivity index (χ0) is 14.2. The Bertz CT molecular complexity index is 641. The largest absolute Gasteiger partial charge is 0.348 e. The molecule has 0 aliphatic carbocycles. The van der Waals surface area contributed by atoms with Crippen LogP contribution in [0.3, 0.4) is 0 Å². The maximum Gasteiger partial charge on any atom is 0.267 e. The quantitative estimate of drug-likeness (QED) is 0.757. The Labute approximate surface area is 112 Å². The second kappa shape index (κ2) is 5.14. The summed E-state index contributed by atoms with van der Waals surface area (Å²) < 4.78 is 26.9. The van der Waals surface area contributed by atoms with Crippen molar-refractivity contribution in [3.63, 3.8) is 0 Å². The number of H-pyrrole nitrogens is 1. The van der Waals surface area contributed by atoms with E-state index in [1.54, 1.807) is 6.92 Å². The van der Waals surface area contributed by atoms with E-state index in [1.807, 2.05) is 0 Å². The van der Waals surface area contributed by atoms with Gasteiger partial charge in [-0.1, -0.05) is 11.6 Å². The summed E-state index contributed by atoms with van der Waals surface area (Å²) in [7, 11) is 0. The molecule has 2 aromatic rings. The van der Waals surface area contributed by atoms with Gasteiger partial charge in [-0.2, -0.15) is 0 Å². The number of amides is 1. The van der Waals surface area contributed by atoms with E-state index in [2.05, 4.69) is 10.3 Å². The highest BCUT2D eigenvalue weighted by atomic mass is 35.5. The van der Waals surface area contributed by atoms with E-state index in [9.17, 15) is 13.6 Å². The molecule has 1 amide bonds. The van der Waals surface area contributed by atoms with Crippen LogP contribution in [0.4, 0.5) is 8.78 Å². The number of rotatable bonds is 3. The highest BCUT2D eigenvalue weighted by Crippen LogP contribution is 2.27. The van der Waals surface area contributed by atoms with Gasteiger partial charge in [0.05, 0.1) is 10.5 Å². The number of aromatic amines is 1. The Morgan fingerprint density at radius 3 is 2.79 bits per heavy atom. The monoisotopic (exact) mass is 287 g/mol. The minimum absolute atomic E-state index is 0.0903. The van der Waals surface area contributed by atoms with Crippen molar-refractivity contribution in [2.24, 2.45) is 5.73 Å². The summed E-state index contributed by atoms with van der Waals surface area (Å²) in [6.45, 7) is 2.01. The molecule has 4 nitrogen and oxygen atoms in total. The molecule has 0 unspecified atom stereocenters. The van der Waals surface area contributed by atoms with Crippen molar-refractivity contribution >= 4 is 28.4 Å². The van der Waals surface area contributed by atoms with Crippen molar-refractivity contribution in [1.82, 2.24) is 10.3 Å². The van der Waals surface area contributed by atoms with Gasteiger partial charge in [-0.05, 0) is 19.1 Å². The van der Waals surface area contributed by atoms with Crippen LogP contribution in [0.25, 0.3) is 10.9 Å². The molecule has 0 aliphatic heterocycles. The fourth-order valence-electron chi connectivity index (χ4n) is 1.66. The number of nitrogens with one attached hydrogen (secondary N) is 2. The molecule has 19 heavy (non-hydrogen) atoms. The fraction of sp³-hybridized carbons (Fsp3) is 0.250. The van der Waals surface area contributed by atoms with E-state index in [1.165, 1.54) is 12.1 Å². The summed E-state index contributed by atoms with van der Waals surface area (Å²) in [6, 6.07) is 2.45. The van der Waals surface area contributed by atoms with Crippen molar-refractivity contribution in [1.29, 1.82) is 0 Å². The van der Waals surface area contributed by atoms with Crippen molar-refractivity contribution in [2.45, 2.75) is 13.0 Å². The second-order valence-electron chi connectivity index (χ2n) is 4.24. The van der Waals surface area contributed by atoms with E-state index < -0.39 is 17.5 Å². The molecule has 0 saturated heterocycles. The first-order chi connectivity index (χ1) is 8.93. The van der Waals surface area contributed by atoms with E-state index in [-0.39, 0.29) is 28.8 Å². The summed E-state index contributed by atoms with van der Waals surface area (Å²) in [5.74, 6) is -2.68. The molecule has 0 radical (unpaired) electrons. The normalized spacial score (nSPS) is 12.7. The summed E-state index contributed by atoms with van der Waals surface area (Å²) in [4.78, 5) is 14.4. The SMILES string of the molecule is C[C@@H](CN)NC(=O)c1cc2cc(Cl)c(F)c(F)c2[nH]1. The van der Waals surface area contributed by atoms with E-state index in [0.29, 0.717) is 5.39 Å². The minimum atomic E-state index is -1.14. The molecule has 4 N–H and O–H groups in total. The Balaban J connectivity index is 2.42. The molecule has 1 aromatic heterocycles. The highest BCUT2D eigenvalue weighted by molar-refractivity contribution is 6.31. The number of hydrogen-bond acceptors (Lipinski definition) is 2. The van der Waals surface area contributed by atoms with Gasteiger partial charge in [0, 0.05) is 18.0 Å². The van der Waals surface area contributed by atoms with E-state index >= 15 is 0 Å². The molecule has 1 atom stereocenters. The predicted molar refractivity (Wildman–Crippen MR) is 69.2 cm³/mol. The standard InChI is InChI=1S/C12H12ClF2N3O/c1-5(4-16)17-12(19)8-3-6-2-7(13)9(14)10(15)11(6)18-8/h2-3,5,18H,4,16H2,1H3,(H,17,19)/t5-/m0/s1. The molecule has 1 aromatic carbocycles. The van der Waals surface area contributed by atoms with Crippen LogP contribution in [-0.4, -0.2) is 23.5 Å². The Hall–Kier alpha value is -1.66. The Morgan fingerprint density at radius 2 is 2.16 bits per heavy atom. The molecule has 2 rings (SSSR count). The maximum absolute atomic E-state index is 13.6. The third-order valence-electron chi connectivity index (χ3n) is 2.73. The Morgan fingerprint density at radius 1 is 1.47 bits per heavy atom. The van der Waals surface area contributed by atoms with Gasteiger partial charge in [-0.15, -0.1) is 0 Å². The highest BCUT2D eigenvalue weighted by Gasteiger charge is 2.17. The molecular formula is C12H12ClF2N3O. The van der Waals surface area contributed by atoms with E-state index in [0.717, 1.165) is 0 Å². The molecule has 102 valence electrons. The maximum atomic E-state index is 13.6. The van der Waals surface area contributed by atoms with Gasteiger partial charge in [0.2, 0.25) is 0 Å². The number of hydrogen-bond donors (Lipinski definition) is 3. The topological polar surface area (TPSA) is 70.9 Å². The smallest absolute Gasteiger partial charge is 0.267 e. The zero-order valence-corrected chi connectivity index (χ0v) is 10.8. The van der Waals surface area contributed by atoms with Crippen LogP contribution >= 0.6 is 11.6 Å². The second-order valence-corrected chi connectivity index (χ2v) is 4.65. The first kappa shape index (κ1) is 13.8. The van der Waals surface area contributed by atoms with Gasteiger partial charge in [0.25, 0.3) is 5.91 Å². The molecule has 0 fully saturated rings. The molecule has 7 heteroatoms. The van der Waals surface area contributed by atoms with Crippen molar-refractivity contribution in [3.05, 3.63) is 34.5 Å². The first-order valence-electron chi connectivity index (χ1n) is 5.61. The molecule has 1 heterocycles. The van der Waals surface area contributed by atoms with E-state index in [4.69, 9.17) is 17.3 Å². The Kier molecular flexibility index (Phi) is 3.73. The third kappa shape index (κ3) is 2.54. The van der Waals surface area contributed by atoms with Crippen LogP contribution in [-0.2, 0) is 0 Å². The van der Waals surface area contributed by atoms with Gasteiger partial charge < -0.3 is 16.0 Å². The van der Waals surface area contributed by atoms with Gasteiger partial charge in [0.1, 0.15) is 5.69 Å². The summed E-state index contributed by atoms with van der Waals surface area (Å²) in [6.07, 6.45) is 0. The number of carbonyl (C=O) groups is 1. The lowest BCUT2D eigenvalue weighted by Gasteiger charge is -2.09. The van der Waals surface area contributed by atoms with Crippen LogP contribution in [0.5, 0.6) is 0 Å². The van der Waals surface area contributed by atoms with Gasteiger partial charge in [-0.3, -0.25) is 4.79 Å². The lowest BCUT2D eigenvalue weighted by molar-refractivity contribution is 0.0937. The van der Waals surface area contributed by atoms with Crippen LogP contribution in [0.1, 0.15) is 17.4 Å². The number of carbonyl (C=O) groups excluding carboxylic acids is 1. The molecule has 0 bridgehead atoms. The van der Waals surface area contributed by atoms with Gasteiger partial charge in [0.15, 0.2) is 11.6 Å². The van der Waals surface area contributed by atoms with Crippen LogP contribution < -0.4 is 11.1 Å². The van der Waals surface area contributed by atoms with Crippen LogP contribution in [0.15, 0.2) is 12.1 Å².